The fourth-order valence-electron chi connectivity index (χ4n) is 3.93. The van der Waals surface area contributed by atoms with Crippen LogP contribution in [0.5, 0.6) is 5.75 Å². The van der Waals surface area contributed by atoms with E-state index in [1.807, 2.05) is 48.5 Å². The van der Waals surface area contributed by atoms with Crippen LogP contribution in [-0.4, -0.2) is 24.3 Å². The molecule has 190 valence electrons. The summed E-state index contributed by atoms with van der Waals surface area (Å²) in [7, 11) is 0. The van der Waals surface area contributed by atoms with E-state index in [1.165, 1.54) is 12.8 Å². The molecule has 1 aromatic heterocycles. The average molecular weight is 488 g/mol. The Morgan fingerprint density at radius 2 is 1.81 bits per heavy atom. The van der Waals surface area contributed by atoms with E-state index in [2.05, 4.69) is 31.5 Å². The number of hydrogen-bond donors (Lipinski definition) is 0. The maximum Gasteiger partial charge on any atom is 0.133 e. The van der Waals surface area contributed by atoms with Crippen LogP contribution in [0.25, 0.3) is 28.5 Å². The highest BCUT2D eigenvalue weighted by atomic mass is 19.1. The van der Waals surface area contributed by atoms with Crippen molar-refractivity contribution < 1.29 is 13.9 Å². The molecule has 0 radical (unpaired) electrons. The van der Waals surface area contributed by atoms with Gasteiger partial charge in [0.15, 0.2) is 0 Å². The molecular formula is C32H38FNO2. The fourth-order valence-corrected chi connectivity index (χ4v) is 3.93. The fraction of sp³-hybridized carbons (Fsp3) is 0.344. The molecule has 0 bridgehead atoms. The van der Waals surface area contributed by atoms with Crippen molar-refractivity contribution in [2.75, 3.05) is 13.2 Å². The van der Waals surface area contributed by atoms with Gasteiger partial charge in [-0.05, 0) is 74.1 Å². The number of allylic oxidation sites excluding steroid dienone is 1. The SMILES string of the molecule is C=CCOc1ccc(-c2ccc(-c3ccc(/C=C/CCCC(C)OCCCCC)cc3F)nc2)cc1. The van der Waals surface area contributed by atoms with Crippen LogP contribution >= 0.6 is 0 Å². The van der Waals surface area contributed by atoms with E-state index in [4.69, 9.17) is 9.47 Å². The van der Waals surface area contributed by atoms with Crippen molar-refractivity contribution in [3.8, 4) is 28.1 Å². The Morgan fingerprint density at radius 3 is 2.50 bits per heavy atom. The quantitative estimate of drug-likeness (QED) is 0.158. The van der Waals surface area contributed by atoms with Gasteiger partial charge in [0.2, 0.25) is 0 Å². The lowest BCUT2D eigenvalue weighted by Crippen LogP contribution is -2.08. The maximum absolute atomic E-state index is 14.8. The minimum absolute atomic E-state index is 0.268. The standard InChI is InChI=1S/C32H38FNO2/c1-4-6-10-22-35-25(3)11-8-7-9-12-26-13-19-30(31(33)23-26)32-20-16-28(24-34-32)27-14-17-29(18-15-27)36-21-5-2/h5,9,12-20,23-25H,2,4,6-8,10-11,21-22H2,1,3H3/b12-9+. The lowest BCUT2D eigenvalue weighted by Gasteiger charge is -2.12. The molecule has 4 heteroatoms. The molecule has 2 aromatic carbocycles. The van der Waals surface area contributed by atoms with Gasteiger partial charge in [-0.3, -0.25) is 4.98 Å². The summed E-state index contributed by atoms with van der Waals surface area (Å²) in [6.45, 7) is 9.33. The Bertz CT molecular complexity index is 1090. The third-order valence-electron chi connectivity index (χ3n) is 6.03. The molecule has 1 heterocycles. The third-order valence-corrected chi connectivity index (χ3v) is 6.03. The van der Waals surface area contributed by atoms with Crippen LogP contribution < -0.4 is 4.74 Å². The molecule has 0 fully saturated rings. The van der Waals surface area contributed by atoms with E-state index < -0.39 is 0 Å². The molecule has 3 nitrogen and oxygen atoms in total. The number of halogens is 1. The molecule has 3 aromatic rings. The van der Waals surface area contributed by atoms with Gasteiger partial charge in [0.05, 0.1) is 11.8 Å². The summed E-state index contributed by atoms with van der Waals surface area (Å²) in [5.41, 5.74) is 3.97. The van der Waals surface area contributed by atoms with Crippen LogP contribution in [0, 0.1) is 5.82 Å². The van der Waals surface area contributed by atoms with Gasteiger partial charge < -0.3 is 9.47 Å². The molecule has 0 saturated carbocycles. The lowest BCUT2D eigenvalue weighted by molar-refractivity contribution is 0.0566. The minimum atomic E-state index is -0.268. The Morgan fingerprint density at radius 1 is 1.00 bits per heavy atom. The molecule has 0 saturated heterocycles. The van der Waals surface area contributed by atoms with Crippen LogP contribution in [0.3, 0.4) is 0 Å². The number of hydrogen-bond acceptors (Lipinski definition) is 3. The number of benzene rings is 2. The number of nitrogens with zero attached hydrogens (tertiary/aromatic N) is 1. The van der Waals surface area contributed by atoms with Gasteiger partial charge in [0.25, 0.3) is 0 Å². The van der Waals surface area contributed by atoms with Crippen molar-refractivity contribution in [3.05, 3.63) is 90.9 Å². The van der Waals surface area contributed by atoms with Crippen LogP contribution in [0.1, 0.15) is 57.9 Å². The van der Waals surface area contributed by atoms with Crippen LogP contribution in [0.2, 0.25) is 0 Å². The Labute approximate surface area is 215 Å². The smallest absolute Gasteiger partial charge is 0.133 e. The van der Waals surface area contributed by atoms with Crippen LogP contribution in [0.15, 0.2) is 79.5 Å². The summed E-state index contributed by atoms with van der Waals surface area (Å²) in [4.78, 5) is 4.51. The van der Waals surface area contributed by atoms with E-state index >= 15 is 0 Å². The van der Waals surface area contributed by atoms with Crippen molar-refractivity contribution in [2.24, 2.45) is 0 Å². The number of pyridine rings is 1. The topological polar surface area (TPSA) is 31.4 Å². The third kappa shape index (κ3) is 8.76. The molecule has 36 heavy (non-hydrogen) atoms. The second-order valence-corrected chi connectivity index (χ2v) is 9.02. The highest BCUT2D eigenvalue weighted by Crippen LogP contribution is 2.26. The maximum atomic E-state index is 14.8. The zero-order valence-corrected chi connectivity index (χ0v) is 21.6. The molecule has 0 aliphatic carbocycles. The van der Waals surface area contributed by atoms with Gasteiger partial charge in [0.1, 0.15) is 18.2 Å². The summed E-state index contributed by atoms with van der Waals surface area (Å²) in [5, 5.41) is 0. The Kier molecular flexibility index (Phi) is 11.4. The molecule has 0 aliphatic heterocycles. The highest BCUT2D eigenvalue weighted by molar-refractivity contribution is 5.68. The average Bonchev–Trinajstić information content (AvgIpc) is 2.90. The van der Waals surface area contributed by atoms with E-state index in [9.17, 15) is 4.39 Å². The predicted octanol–water partition coefficient (Wildman–Crippen LogP) is 8.90. The van der Waals surface area contributed by atoms with Crippen molar-refractivity contribution in [1.82, 2.24) is 4.98 Å². The molecular weight excluding hydrogens is 449 g/mol. The number of ether oxygens (including phenoxy) is 2. The van der Waals surface area contributed by atoms with Crippen LogP contribution in [0.4, 0.5) is 4.39 Å². The number of unbranched alkanes of at least 4 members (excludes halogenated alkanes) is 3. The van der Waals surface area contributed by atoms with Crippen molar-refractivity contribution in [1.29, 1.82) is 0 Å². The minimum Gasteiger partial charge on any atom is -0.490 e. The predicted molar refractivity (Wildman–Crippen MR) is 149 cm³/mol. The molecule has 0 spiro atoms. The van der Waals surface area contributed by atoms with Gasteiger partial charge in [-0.1, -0.05) is 68.8 Å². The van der Waals surface area contributed by atoms with Gasteiger partial charge >= 0.3 is 0 Å². The first-order chi connectivity index (χ1) is 17.6. The van der Waals surface area contributed by atoms with Crippen molar-refractivity contribution >= 4 is 6.08 Å². The first kappa shape index (κ1) is 27.3. The van der Waals surface area contributed by atoms with E-state index in [-0.39, 0.29) is 5.82 Å². The zero-order valence-electron chi connectivity index (χ0n) is 21.6. The molecule has 1 atom stereocenters. The van der Waals surface area contributed by atoms with Gasteiger partial charge in [-0.15, -0.1) is 0 Å². The summed E-state index contributed by atoms with van der Waals surface area (Å²) in [5.74, 6) is 0.524. The van der Waals surface area contributed by atoms with E-state index in [1.54, 1.807) is 24.4 Å². The summed E-state index contributed by atoms with van der Waals surface area (Å²) in [6.07, 6.45) is 14.5. The molecule has 0 amide bonds. The number of rotatable bonds is 15. The zero-order chi connectivity index (χ0) is 25.6. The monoisotopic (exact) mass is 487 g/mol. The largest absolute Gasteiger partial charge is 0.490 e. The second kappa shape index (κ2) is 15.0. The Hall–Kier alpha value is -3.24. The summed E-state index contributed by atoms with van der Waals surface area (Å²) in [6, 6.07) is 16.9. The highest BCUT2D eigenvalue weighted by Gasteiger charge is 2.08. The molecule has 0 aliphatic rings. The molecule has 1 unspecified atom stereocenters. The van der Waals surface area contributed by atoms with Gasteiger partial charge in [-0.2, -0.15) is 0 Å². The molecule has 3 rings (SSSR count). The lowest BCUT2D eigenvalue weighted by atomic mass is 10.0. The van der Waals surface area contributed by atoms with Crippen molar-refractivity contribution in [3.63, 3.8) is 0 Å². The van der Waals surface area contributed by atoms with E-state index in [0.29, 0.717) is 24.0 Å². The number of aromatic nitrogens is 1. The first-order valence-electron chi connectivity index (χ1n) is 13.0. The second-order valence-electron chi connectivity index (χ2n) is 9.02. The van der Waals surface area contributed by atoms with Crippen LogP contribution in [-0.2, 0) is 4.74 Å². The van der Waals surface area contributed by atoms with Gasteiger partial charge in [0, 0.05) is 23.9 Å². The Balaban J connectivity index is 1.51. The first-order valence-corrected chi connectivity index (χ1v) is 13.0. The summed E-state index contributed by atoms with van der Waals surface area (Å²) >= 11 is 0. The summed E-state index contributed by atoms with van der Waals surface area (Å²) < 4.78 is 26.2. The molecule has 0 N–H and O–H groups in total. The van der Waals surface area contributed by atoms with Crippen molar-refractivity contribution in [2.45, 2.75) is 58.5 Å². The van der Waals surface area contributed by atoms with E-state index in [0.717, 1.165) is 54.7 Å². The normalized spacial score (nSPS) is 12.1. The van der Waals surface area contributed by atoms with Gasteiger partial charge in [-0.25, -0.2) is 4.39 Å².